The molecule has 0 atom stereocenters. The number of hydrogen-bond acceptors (Lipinski definition) is 3. The number of Topliss-reactive ketones (excluding diaryl/α,β-unsaturated/α-hetero) is 1. The number of ketones is 1. The number of carbonyl (C=O) groups excluding carboxylic acids is 2. The molecular weight excluding hydrogens is 341 g/mol. The van der Waals surface area contributed by atoms with Crippen molar-refractivity contribution in [3.63, 3.8) is 0 Å². The van der Waals surface area contributed by atoms with Gasteiger partial charge in [-0.25, -0.2) is 0 Å². The molecule has 128 valence electrons. The van der Waals surface area contributed by atoms with Gasteiger partial charge in [0, 0.05) is 31.5 Å². The normalized spacial score (nSPS) is 15.1. The van der Waals surface area contributed by atoms with Crippen LogP contribution >= 0.6 is 0 Å². The van der Waals surface area contributed by atoms with Crippen LogP contribution in [0.15, 0.2) is 48.1 Å². The second-order valence-electron chi connectivity index (χ2n) is 5.90. The van der Waals surface area contributed by atoms with Crippen LogP contribution in [0.3, 0.4) is 0 Å². The van der Waals surface area contributed by atoms with Crippen LogP contribution in [0.2, 0.25) is 0 Å². The fourth-order valence-electron chi connectivity index (χ4n) is 3.05. The molecule has 25 heavy (non-hydrogen) atoms. The van der Waals surface area contributed by atoms with E-state index in [-0.39, 0.29) is 63.1 Å². The molecule has 0 spiro atoms. The zero-order valence-electron chi connectivity index (χ0n) is 15.2. The van der Waals surface area contributed by atoms with E-state index in [0.29, 0.717) is 19.4 Å². The smallest absolute Gasteiger partial charge is 0.857 e. The van der Waals surface area contributed by atoms with Crippen molar-refractivity contribution in [2.75, 3.05) is 13.7 Å². The van der Waals surface area contributed by atoms with E-state index in [2.05, 4.69) is 12.1 Å². The largest absolute Gasteiger partial charge is 1.00 e. The summed E-state index contributed by atoms with van der Waals surface area (Å²) < 4.78 is 0. The number of fused-ring (bicyclic) bond motifs is 1. The zero-order valence-corrected chi connectivity index (χ0v) is 18.3. The summed E-state index contributed by atoms with van der Waals surface area (Å²) in [6.07, 6.45) is 9.34. The first-order valence-electron chi connectivity index (χ1n) is 8.39. The topological polar surface area (TPSA) is 60.4 Å². The van der Waals surface area contributed by atoms with Crippen molar-refractivity contribution in [2.24, 2.45) is 0 Å². The molecule has 1 aromatic carbocycles. The monoisotopic (exact) mass is 365 g/mol. The van der Waals surface area contributed by atoms with Crippen molar-refractivity contribution in [1.82, 2.24) is 4.90 Å². The number of nitrogens with zero attached hydrogens (tertiary/aromatic N) is 1. The van der Waals surface area contributed by atoms with Gasteiger partial charge in [0.1, 0.15) is 0 Å². The van der Waals surface area contributed by atoms with Crippen molar-refractivity contribution in [3.05, 3.63) is 59.2 Å². The summed E-state index contributed by atoms with van der Waals surface area (Å²) in [5.74, 6) is 0.171. The van der Waals surface area contributed by atoms with Gasteiger partial charge in [-0.05, 0) is 30.4 Å². The maximum absolute atomic E-state index is 12.3. The number of rotatable bonds is 4. The van der Waals surface area contributed by atoms with E-state index in [1.54, 1.807) is 0 Å². The molecule has 5 heteroatoms. The first-order valence-corrected chi connectivity index (χ1v) is 8.39. The Morgan fingerprint density at radius 1 is 1.08 bits per heavy atom. The molecule has 0 bridgehead atoms. The molecule has 1 aromatic rings. The minimum absolute atomic E-state index is 0. The first-order chi connectivity index (χ1) is 11.7. The third kappa shape index (κ3) is 6.59. The van der Waals surface area contributed by atoms with Gasteiger partial charge in [-0.2, -0.15) is 7.11 Å². The number of benzene rings is 1. The SMILES string of the molecule is C[O-].O=C(CCC(=O)N1CCc2ccccc2C1)C1=CCCC=C1.[K+]. The molecule has 0 saturated carbocycles. The molecule has 0 N–H and O–H groups in total. The van der Waals surface area contributed by atoms with Crippen LogP contribution in [0.25, 0.3) is 0 Å². The number of hydrogen-bond donors (Lipinski definition) is 0. The minimum atomic E-state index is 0. The molecular formula is C20H24KNO3. The Bertz CT molecular complexity index is 652. The van der Waals surface area contributed by atoms with Crippen molar-refractivity contribution in [1.29, 1.82) is 0 Å². The van der Waals surface area contributed by atoms with Crippen molar-refractivity contribution < 1.29 is 66.1 Å². The average Bonchev–Trinajstić information content (AvgIpc) is 2.67. The summed E-state index contributed by atoms with van der Waals surface area (Å²) in [5, 5.41) is 8.25. The Morgan fingerprint density at radius 3 is 2.48 bits per heavy atom. The van der Waals surface area contributed by atoms with Gasteiger partial charge in [0.15, 0.2) is 5.78 Å². The fourth-order valence-corrected chi connectivity index (χ4v) is 3.05. The van der Waals surface area contributed by atoms with Crippen LogP contribution in [0.1, 0.15) is 36.8 Å². The van der Waals surface area contributed by atoms with Gasteiger partial charge in [0.2, 0.25) is 5.91 Å². The molecule has 0 fully saturated rings. The van der Waals surface area contributed by atoms with Gasteiger partial charge in [0.25, 0.3) is 0 Å². The average molecular weight is 366 g/mol. The van der Waals surface area contributed by atoms with E-state index in [0.717, 1.165) is 38.5 Å². The van der Waals surface area contributed by atoms with Crippen molar-refractivity contribution >= 4 is 11.7 Å². The van der Waals surface area contributed by atoms with Gasteiger partial charge < -0.3 is 10.0 Å². The number of allylic oxidation sites excluding steroid dienone is 4. The first kappa shape index (κ1) is 22.5. The Balaban J connectivity index is 0.00000101. The van der Waals surface area contributed by atoms with E-state index in [1.165, 1.54) is 11.1 Å². The Hall–Kier alpha value is -0.564. The van der Waals surface area contributed by atoms with Crippen LogP contribution in [0.5, 0.6) is 0 Å². The van der Waals surface area contributed by atoms with E-state index >= 15 is 0 Å². The van der Waals surface area contributed by atoms with Crippen LogP contribution in [0, 0.1) is 0 Å². The van der Waals surface area contributed by atoms with Gasteiger partial charge in [-0.3, -0.25) is 9.59 Å². The van der Waals surface area contributed by atoms with Crippen molar-refractivity contribution in [3.8, 4) is 0 Å². The third-order valence-electron chi connectivity index (χ3n) is 4.37. The van der Waals surface area contributed by atoms with Crippen molar-refractivity contribution in [2.45, 2.75) is 38.6 Å². The van der Waals surface area contributed by atoms with Crippen LogP contribution in [0.4, 0.5) is 0 Å². The van der Waals surface area contributed by atoms with E-state index in [9.17, 15) is 9.59 Å². The van der Waals surface area contributed by atoms with Gasteiger partial charge in [-0.1, -0.05) is 42.5 Å². The molecule has 1 aliphatic heterocycles. The summed E-state index contributed by atoms with van der Waals surface area (Å²) in [4.78, 5) is 26.3. The summed E-state index contributed by atoms with van der Waals surface area (Å²) in [6, 6.07) is 8.26. The third-order valence-corrected chi connectivity index (χ3v) is 4.37. The van der Waals surface area contributed by atoms with Gasteiger partial charge in [-0.15, -0.1) is 0 Å². The Kier molecular flexibility index (Phi) is 10.7. The molecule has 3 rings (SSSR count). The maximum Gasteiger partial charge on any atom is 1.00 e. The van der Waals surface area contributed by atoms with Crippen LogP contribution < -0.4 is 56.5 Å². The van der Waals surface area contributed by atoms with Crippen LogP contribution in [-0.4, -0.2) is 30.2 Å². The molecule has 1 amide bonds. The molecule has 0 aromatic heterocycles. The molecule has 2 aliphatic rings. The standard InChI is InChI=1S/C19H21NO2.CH3O.K/c21-18(16-7-2-1-3-8-16)10-11-19(22)20-13-12-15-6-4-5-9-17(15)14-20;1-2;/h2,4-9H,1,3,10-14H2;1H3;/q;-1;+1. The minimum Gasteiger partial charge on any atom is -0.857 e. The van der Waals surface area contributed by atoms with E-state index in [1.807, 2.05) is 35.3 Å². The quantitative estimate of drug-likeness (QED) is 0.655. The Morgan fingerprint density at radius 2 is 1.80 bits per heavy atom. The summed E-state index contributed by atoms with van der Waals surface area (Å²) in [6.45, 7) is 1.43. The molecule has 1 aliphatic carbocycles. The second-order valence-corrected chi connectivity index (χ2v) is 5.90. The molecule has 4 nitrogen and oxygen atoms in total. The molecule has 0 unspecified atom stereocenters. The van der Waals surface area contributed by atoms with E-state index < -0.39 is 0 Å². The Labute approximate surface area is 192 Å². The fraction of sp³-hybridized carbons (Fsp3) is 0.400. The number of carbonyl (C=O) groups is 2. The van der Waals surface area contributed by atoms with Gasteiger partial charge in [0.05, 0.1) is 0 Å². The summed E-state index contributed by atoms with van der Waals surface area (Å²) in [5.41, 5.74) is 3.33. The summed E-state index contributed by atoms with van der Waals surface area (Å²) in [7, 11) is 0.750. The second kappa shape index (κ2) is 11.9. The molecule has 1 heterocycles. The predicted molar refractivity (Wildman–Crippen MR) is 92.2 cm³/mol. The number of amides is 1. The maximum atomic E-state index is 12.3. The van der Waals surface area contributed by atoms with E-state index in [4.69, 9.17) is 5.11 Å². The predicted octanol–water partition coefficient (Wildman–Crippen LogP) is -0.822. The van der Waals surface area contributed by atoms with Crippen LogP contribution in [-0.2, 0) is 22.6 Å². The summed E-state index contributed by atoms with van der Waals surface area (Å²) >= 11 is 0. The van der Waals surface area contributed by atoms with Gasteiger partial charge >= 0.3 is 51.4 Å². The molecule has 0 radical (unpaired) electrons. The zero-order chi connectivity index (χ0) is 17.4. The molecule has 0 saturated heterocycles.